The molecule has 73 valence electrons. The first-order valence-electron chi connectivity index (χ1n) is 5.50. The summed E-state index contributed by atoms with van der Waals surface area (Å²) in [5.74, 6) is 1.71. The summed E-state index contributed by atoms with van der Waals surface area (Å²) < 4.78 is 0. The first kappa shape index (κ1) is 12.0. The van der Waals surface area contributed by atoms with Crippen LogP contribution in [0.4, 0.5) is 0 Å². The molecule has 12 heavy (non-hydrogen) atoms. The SMILES string of the molecule is CCCC(C)[CH]CCCC(C)C. The van der Waals surface area contributed by atoms with Crippen molar-refractivity contribution in [2.75, 3.05) is 0 Å². The summed E-state index contributed by atoms with van der Waals surface area (Å²) in [7, 11) is 0. The van der Waals surface area contributed by atoms with Gasteiger partial charge in [0.2, 0.25) is 0 Å². The van der Waals surface area contributed by atoms with Crippen molar-refractivity contribution in [2.24, 2.45) is 11.8 Å². The fourth-order valence-corrected chi connectivity index (χ4v) is 1.50. The minimum Gasteiger partial charge on any atom is -0.0654 e. The van der Waals surface area contributed by atoms with Gasteiger partial charge in [0.15, 0.2) is 0 Å². The van der Waals surface area contributed by atoms with E-state index in [1.165, 1.54) is 32.1 Å². The van der Waals surface area contributed by atoms with E-state index in [1.54, 1.807) is 0 Å². The fourth-order valence-electron chi connectivity index (χ4n) is 1.50. The van der Waals surface area contributed by atoms with Gasteiger partial charge in [-0.1, -0.05) is 53.4 Å². The molecule has 0 fully saturated rings. The lowest BCUT2D eigenvalue weighted by Gasteiger charge is -2.09. The molecule has 0 spiro atoms. The van der Waals surface area contributed by atoms with Gasteiger partial charge in [-0.25, -0.2) is 0 Å². The molecule has 1 atom stereocenters. The molecule has 0 heterocycles. The second kappa shape index (κ2) is 7.64. The average molecular weight is 169 g/mol. The highest BCUT2D eigenvalue weighted by atomic mass is 14.1. The second-order valence-electron chi connectivity index (χ2n) is 4.33. The van der Waals surface area contributed by atoms with E-state index in [0.29, 0.717) is 0 Å². The van der Waals surface area contributed by atoms with Crippen molar-refractivity contribution >= 4 is 0 Å². The van der Waals surface area contributed by atoms with Crippen LogP contribution in [0.3, 0.4) is 0 Å². The number of rotatable bonds is 7. The zero-order chi connectivity index (χ0) is 9.40. The molecular weight excluding hydrogens is 144 g/mol. The predicted octanol–water partition coefficient (Wildman–Crippen LogP) is 4.45. The van der Waals surface area contributed by atoms with Crippen LogP contribution in [-0.4, -0.2) is 0 Å². The molecule has 0 aromatic heterocycles. The van der Waals surface area contributed by atoms with Crippen LogP contribution in [0.25, 0.3) is 0 Å². The van der Waals surface area contributed by atoms with E-state index >= 15 is 0 Å². The third-order valence-corrected chi connectivity index (χ3v) is 2.30. The molecule has 1 unspecified atom stereocenters. The summed E-state index contributed by atoms with van der Waals surface area (Å²) in [6.07, 6.45) is 9.26. The van der Waals surface area contributed by atoms with E-state index in [1.807, 2.05) is 0 Å². The van der Waals surface area contributed by atoms with Crippen LogP contribution < -0.4 is 0 Å². The summed E-state index contributed by atoms with van der Waals surface area (Å²) in [5, 5.41) is 0. The molecule has 0 saturated carbocycles. The van der Waals surface area contributed by atoms with E-state index in [2.05, 4.69) is 34.1 Å². The molecule has 0 aliphatic heterocycles. The van der Waals surface area contributed by atoms with Crippen molar-refractivity contribution in [3.05, 3.63) is 6.42 Å². The highest BCUT2D eigenvalue weighted by Gasteiger charge is 2.00. The minimum absolute atomic E-state index is 0.835. The monoisotopic (exact) mass is 169 g/mol. The van der Waals surface area contributed by atoms with Gasteiger partial charge in [-0.2, -0.15) is 0 Å². The Hall–Kier alpha value is 0. The van der Waals surface area contributed by atoms with Gasteiger partial charge in [0.05, 0.1) is 0 Å². The Kier molecular flexibility index (Phi) is 7.64. The maximum Gasteiger partial charge on any atom is -0.0358 e. The summed E-state index contributed by atoms with van der Waals surface area (Å²) in [4.78, 5) is 0. The molecule has 1 radical (unpaired) electrons. The largest absolute Gasteiger partial charge is 0.0654 e. The lowest BCUT2D eigenvalue weighted by molar-refractivity contribution is 0.516. The summed E-state index contributed by atoms with van der Waals surface area (Å²) in [5.41, 5.74) is 0. The van der Waals surface area contributed by atoms with Crippen LogP contribution in [0.5, 0.6) is 0 Å². The van der Waals surface area contributed by atoms with E-state index in [-0.39, 0.29) is 0 Å². The van der Waals surface area contributed by atoms with Gasteiger partial charge in [0.1, 0.15) is 0 Å². The minimum atomic E-state index is 0.835. The Morgan fingerprint density at radius 3 is 2.25 bits per heavy atom. The van der Waals surface area contributed by atoms with Crippen LogP contribution in [0.15, 0.2) is 0 Å². The van der Waals surface area contributed by atoms with Crippen LogP contribution in [-0.2, 0) is 0 Å². The van der Waals surface area contributed by atoms with Crippen molar-refractivity contribution in [1.82, 2.24) is 0 Å². The van der Waals surface area contributed by atoms with Crippen molar-refractivity contribution in [3.8, 4) is 0 Å². The zero-order valence-corrected chi connectivity index (χ0v) is 9.27. The fraction of sp³-hybridized carbons (Fsp3) is 0.917. The van der Waals surface area contributed by atoms with Gasteiger partial charge < -0.3 is 0 Å². The molecule has 0 heteroatoms. The van der Waals surface area contributed by atoms with E-state index < -0.39 is 0 Å². The molecule has 0 rings (SSSR count). The Bertz CT molecular complexity index is 84.0. The molecule has 0 nitrogen and oxygen atoms in total. The number of hydrogen-bond donors (Lipinski definition) is 0. The molecular formula is C12H25. The van der Waals surface area contributed by atoms with Crippen molar-refractivity contribution in [1.29, 1.82) is 0 Å². The molecule has 0 N–H and O–H groups in total. The van der Waals surface area contributed by atoms with Crippen molar-refractivity contribution < 1.29 is 0 Å². The van der Waals surface area contributed by atoms with E-state index in [9.17, 15) is 0 Å². The molecule has 0 aliphatic carbocycles. The van der Waals surface area contributed by atoms with Gasteiger partial charge in [0.25, 0.3) is 0 Å². The zero-order valence-electron chi connectivity index (χ0n) is 9.27. The maximum absolute atomic E-state index is 2.49. The summed E-state index contributed by atoms with van der Waals surface area (Å²) >= 11 is 0. The van der Waals surface area contributed by atoms with Crippen molar-refractivity contribution in [3.63, 3.8) is 0 Å². The standard InChI is InChI=1S/C12H25/c1-5-8-12(4)10-7-6-9-11(2)3/h10-12H,5-9H2,1-4H3. The van der Waals surface area contributed by atoms with Crippen LogP contribution in [0, 0.1) is 18.3 Å². The van der Waals surface area contributed by atoms with Gasteiger partial charge >= 0.3 is 0 Å². The molecule has 0 saturated heterocycles. The van der Waals surface area contributed by atoms with Crippen LogP contribution in [0.2, 0.25) is 0 Å². The molecule has 0 amide bonds. The van der Waals surface area contributed by atoms with Crippen molar-refractivity contribution in [2.45, 2.75) is 59.8 Å². The summed E-state index contributed by atoms with van der Waals surface area (Å²) in [6.45, 7) is 9.20. The lowest BCUT2D eigenvalue weighted by Crippen LogP contribution is -1.95. The smallest absolute Gasteiger partial charge is 0.0358 e. The highest BCUT2D eigenvalue weighted by Crippen LogP contribution is 2.15. The van der Waals surface area contributed by atoms with Gasteiger partial charge in [-0.3, -0.25) is 0 Å². The quantitative estimate of drug-likeness (QED) is 0.494. The van der Waals surface area contributed by atoms with E-state index in [0.717, 1.165) is 11.8 Å². The average Bonchev–Trinajstić information content (AvgIpc) is 1.98. The Morgan fingerprint density at radius 1 is 1.08 bits per heavy atom. The highest BCUT2D eigenvalue weighted by molar-refractivity contribution is 4.72. The van der Waals surface area contributed by atoms with Crippen LogP contribution >= 0.6 is 0 Å². The third kappa shape index (κ3) is 8.10. The third-order valence-electron chi connectivity index (χ3n) is 2.30. The first-order chi connectivity index (χ1) is 5.66. The van der Waals surface area contributed by atoms with Crippen LogP contribution in [0.1, 0.15) is 59.8 Å². The molecule has 0 aliphatic rings. The molecule has 0 aromatic carbocycles. The second-order valence-corrected chi connectivity index (χ2v) is 4.33. The predicted molar refractivity (Wildman–Crippen MR) is 57.1 cm³/mol. The number of hydrogen-bond acceptors (Lipinski definition) is 0. The normalized spacial score (nSPS) is 13.8. The van der Waals surface area contributed by atoms with E-state index in [4.69, 9.17) is 0 Å². The first-order valence-corrected chi connectivity index (χ1v) is 5.50. The van der Waals surface area contributed by atoms with Gasteiger partial charge in [-0.15, -0.1) is 0 Å². The molecule has 0 bridgehead atoms. The lowest BCUT2D eigenvalue weighted by atomic mass is 9.97. The number of unbranched alkanes of at least 4 members (excludes halogenated alkanes) is 1. The summed E-state index contributed by atoms with van der Waals surface area (Å²) in [6, 6.07) is 0. The van der Waals surface area contributed by atoms with Gasteiger partial charge in [0, 0.05) is 0 Å². The Labute approximate surface area is 78.8 Å². The Morgan fingerprint density at radius 2 is 1.75 bits per heavy atom. The topological polar surface area (TPSA) is 0 Å². The maximum atomic E-state index is 2.49. The Balaban J connectivity index is 3.08. The van der Waals surface area contributed by atoms with Gasteiger partial charge in [-0.05, 0) is 24.7 Å². The molecule has 0 aromatic rings.